The highest BCUT2D eigenvalue weighted by atomic mass is 16.5. The van der Waals surface area contributed by atoms with E-state index in [-0.39, 0.29) is 18.3 Å². The van der Waals surface area contributed by atoms with Crippen LogP contribution in [-0.2, 0) is 9.53 Å². The van der Waals surface area contributed by atoms with Crippen LogP contribution in [0.4, 0.5) is 0 Å². The number of esters is 1. The van der Waals surface area contributed by atoms with E-state index in [0.717, 1.165) is 23.6 Å². The Balaban J connectivity index is 1.65. The van der Waals surface area contributed by atoms with E-state index in [1.165, 1.54) is 6.42 Å². The molecular weight excluding hydrogens is 324 g/mol. The monoisotopic (exact) mass is 352 g/mol. The van der Waals surface area contributed by atoms with Gasteiger partial charge in [-0.25, -0.2) is 0 Å². The molecule has 1 fully saturated rings. The van der Waals surface area contributed by atoms with Gasteiger partial charge >= 0.3 is 5.97 Å². The zero-order chi connectivity index (χ0) is 18.7. The lowest BCUT2D eigenvalue weighted by Crippen LogP contribution is -2.36. The number of rotatable bonds is 5. The summed E-state index contributed by atoms with van der Waals surface area (Å²) in [5, 5.41) is 2.09. The molecule has 0 spiro atoms. The molecule has 26 heavy (non-hydrogen) atoms. The van der Waals surface area contributed by atoms with Crippen molar-refractivity contribution in [2.24, 2.45) is 17.8 Å². The van der Waals surface area contributed by atoms with Gasteiger partial charge in [-0.3, -0.25) is 9.59 Å². The highest BCUT2D eigenvalue weighted by Crippen LogP contribution is 2.35. The summed E-state index contributed by atoms with van der Waals surface area (Å²) in [6.45, 7) is 6.57. The van der Waals surface area contributed by atoms with Crippen molar-refractivity contribution in [3.05, 3.63) is 48.0 Å². The Morgan fingerprint density at radius 2 is 1.81 bits per heavy atom. The van der Waals surface area contributed by atoms with Gasteiger partial charge in [-0.15, -0.1) is 0 Å². The predicted octanol–water partition coefficient (Wildman–Crippen LogP) is 5.42. The smallest absolute Gasteiger partial charge is 0.313 e. The van der Waals surface area contributed by atoms with Crippen LogP contribution in [0.5, 0.6) is 0 Å². The van der Waals surface area contributed by atoms with Crippen LogP contribution in [-0.4, -0.2) is 17.9 Å². The Bertz CT molecular complexity index is 793. The topological polar surface area (TPSA) is 43.4 Å². The minimum absolute atomic E-state index is 0.0596. The molecule has 0 aromatic heterocycles. The van der Waals surface area contributed by atoms with E-state index in [1.807, 2.05) is 36.4 Å². The summed E-state index contributed by atoms with van der Waals surface area (Å²) in [6, 6.07) is 13.5. The first-order valence-electron chi connectivity index (χ1n) is 9.65. The predicted molar refractivity (Wildman–Crippen MR) is 104 cm³/mol. The van der Waals surface area contributed by atoms with E-state index in [1.54, 1.807) is 6.07 Å². The third kappa shape index (κ3) is 4.32. The molecule has 1 saturated carbocycles. The van der Waals surface area contributed by atoms with Crippen LogP contribution in [0.1, 0.15) is 56.8 Å². The molecule has 0 heterocycles. The molecule has 0 saturated heterocycles. The van der Waals surface area contributed by atoms with Gasteiger partial charge in [-0.05, 0) is 47.4 Å². The van der Waals surface area contributed by atoms with Crippen molar-refractivity contribution in [1.29, 1.82) is 0 Å². The normalized spacial score (nSPS) is 23.2. The fourth-order valence-electron chi connectivity index (χ4n) is 4.06. The second kappa shape index (κ2) is 8.03. The number of ketones is 1. The SMILES string of the molecule is CC1CCC(C(C)C)C(OC(=O)CC(=O)c2ccc3ccccc3c2)C1. The van der Waals surface area contributed by atoms with Crippen LogP contribution in [0.3, 0.4) is 0 Å². The molecule has 3 nitrogen and oxygen atoms in total. The van der Waals surface area contributed by atoms with Gasteiger partial charge in [0.2, 0.25) is 0 Å². The quantitative estimate of drug-likeness (QED) is 0.410. The molecule has 1 aliphatic carbocycles. The highest BCUT2D eigenvalue weighted by Gasteiger charge is 2.33. The molecule has 3 rings (SSSR count). The first-order valence-corrected chi connectivity index (χ1v) is 9.65. The third-order valence-electron chi connectivity index (χ3n) is 5.62. The van der Waals surface area contributed by atoms with E-state index in [4.69, 9.17) is 4.74 Å². The zero-order valence-corrected chi connectivity index (χ0v) is 15.9. The maximum atomic E-state index is 12.5. The minimum Gasteiger partial charge on any atom is -0.462 e. The Labute approximate surface area is 155 Å². The van der Waals surface area contributed by atoms with Crippen LogP contribution in [0.25, 0.3) is 10.8 Å². The Morgan fingerprint density at radius 1 is 1.08 bits per heavy atom. The second-order valence-electron chi connectivity index (χ2n) is 8.02. The van der Waals surface area contributed by atoms with Crippen molar-refractivity contribution in [2.45, 2.75) is 52.6 Å². The first-order chi connectivity index (χ1) is 12.4. The van der Waals surface area contributed by atoms with Crippen LogP contribution in [0, 0.1) is 17.8 Å². The second-order valence-corrected chi connectivity index (χ2v) is 8.02. The Kier molecular flexibility index (Phi) is 5.75. The van der Waals surface area contributed by atoms with Gasteiger partial charge in [0.1, 0.15) is 12.5 Å². The number of carbonyl (C=O) groups is 2. The van der Waals surface area contributed by atoms with Crippen LogP contribution in [0.2, 0.25) is 0 Å². The molecule has 0 radical (unpaired) electrons. The first kappa shape index (κ1) is 18.6. The standard InChI is InChI=1S/C23H28O3/c1-15(2)20-11-8-16(3)12-22(20)26-23(25)14-21(24)19-10-9-17-6-4-5-7-18(17)13-19/h4-7,9-10,13,15-16,20,22H,8,11-12,14H2,1-3H3. The molecule has 0 bridgehead atoms. The third-order valence-corrected chi connectivity index (χ3v) is 5.62. The number of Topliss-reactive ketones (excluding diaryl/α,β-unsaturated/α-hetero) is 1. The van der Waals surface area contributed by atoms with Gasteiger partial charge in [0.25, 0.3) is 0 Å². The van der Waals surface area contributed by atoms with E-state index in [2.05, 4.69) is 20.8 Å². The summed E-state index contributed by atoms with van der Waals surface area (Å²) in [5.74, 6) is 0.875. The lowest BCUT2D eigenvalue weighted by atomic mass is 9.75. The van der Waals surface area contributed by atoms with Gasteiger partial charge in [0.05, 0.1) is 0 Å². The van der Waals surface area contributed by atoms with Crippen LogP contribution < -0.4 is 0 Å². The molecule has 2 aromatic rings. The van der Waals surface area contributed by atoms with Crippen LogP contribution in [0.15, 0.2) is 42.5 Å². The molecule has 1 aliphatic rings. The summed E-state index contributed by atoms with van der Waals surface area (Å²) in [6.07, 6.45) is 2.94. The number of benzene rings is 2. The van der Waals surface area contributed by atoms with E-state index < -0.39 is 5.97 Å². The maximum absolute atomic E-state index is 12.5. The van der Waals surface area contributed by atoms with Crippen LogP contribution >= 0.6 is 0 Å². The summed E-state index contributed by atoms with van der Waals surface area (Å²) < 4.78 is 5.76. The lowest BCUT2D eigenvalue weighted by Gasteiger charge is -2.36. The fraction of sp³-hybridized carbons (Fsp3) is 0.478. The van der Waals surface area contributed by atoms with Crippen molar-refractivity contribution < 1.29 is 14.3 Å². The minimum atomic E-state index is -0.395. The van der Waals surface area contributed by atoms with E-state index in [9.17, 15) is 9.59 Å². The molecule has 0 aliphatic heterocycles. The maximum Gasteiger partial charge on any atom is 0.313 e. The Hall–Kier alpha value is -2.16. The van der Waals surface area contributed by atoms with Gasteiger partial charge in [-0.1, -0.05) is 63.6 Å². The molecule has 0 amide bonds. The molecule has 2 aromatic carbocycles. The van der Waals surface area contributed by atoms with Crippen molar-refractivity contribution >= 4 is 22.5 Å². The fourth-order valence-corrected chi connectivity index (χ4v) is 4.06. The number of hydrogen-bond donors (Lipinski definition) is 0. The van der Waals surface area contributed by atoms with Crippen molar-refractivity contribution in [3.8, 4) is 0 Å². The number of ether oxygens (including phenoxy) is 1. The molecule has 3 unspecified atom stereocenters. The van der Waals surface area contributed by atoms with Crippen molar-refractivity contribution in [1.82, 2.24) is 0 Å². The molecule has 3 atom stereocenters. The average Bonchev–Trinajstić information content (AvgIpc) is 2.61. The summed E-state index contributed by atoms with van der Waals surface area (Å²) in [7, 11) is 0. The average molecular weight is 352 g/mol. The molecule has 3 heteroatoms. The van der Waals surface area contributed by atoms with Gasteiger partial charge < -0.3 is 4.74 Å². The van der Waals surface area contributed by atoms with Gasteiger partial charge in [0, 0.05) is 5.56 Å². The van der Waals surface area contributed by atoms with E-state index >= 15 is 0 Å². The van der Waals surface area contributed by atoms with E-state index in [0.29, 0.717) is 23.3 Å². The number of fused-ring (bicyclic) bond motifs is 1. The largest absolute Gasteiger partial charge is 0.462 e. The van der Waals surface area contributed by atoms with Gasteiger partial charge in [-0.2, -0.15) is 0 Å². The van der Waals surface area contributed by atoms with Crippen molar-refractivity contribution in [2.75, 3.05) is 0 Å². The highest BCUT2D eigenvalue weighted by molar-refractivity contribution is 6.07. The number of hydrogen-bond acceptors (Lipinski definition) is 3. The zero-order valence-electron chi connectivity index (χ0n) is 15.9. The van der Waals surface area contributed by atoms with Gasteiger partial charge in [0.15, 0.2) is 5.78 Å². The number of carbonyl (C=O) groups excluding carboxylic acids is 2. The molecule has 0 N–H and O–H groups in total. The molecule has 138 valence electrons. The lowest BCUT2D eigenvalue weighted by molar-refractivity contribution is -0.154. The Morgan fingerprint density at radius 3 is 2.54 bits per heavy atom. The molecular formula is C23H28O3. The van der Waals surface area contributed by atoms with Crippen molar-refractivity contribution in [3.63, 3.8) is 0 Å². The summed E-state index contributed by atoms with van der Waals surface area (Å²) in [5.41, 5.74) is 0.568. The summed E-state index contributed by atoms with van der Waals surface area (Å²) >= 11 is 0. The summed E-state index contributed by atoms with van der Waals surface area (Å²) in [4.78, 5) is 24.9.